The average Bonchev–Trinajstić information content (AvgIpc) is 2.89. The zero-order valence-electron chi connectivity index (χ0n) is 9.22. The van der Waals surface area contributed by atoms with Crippen molar-refractivity contribution >= 4 is 33.3 Å². The lowest BCUT2D eigenvalue weighted by molar-refractivity contribution is -0.128. The Hall–Kier alpha value is -1.69. The van der Waals surface area contributed by atoms with Crippen LogP contribution in [-0.4, -0.2) is 27.3 Å². The van der Waals surface area contributed by atoms with Gasteiger partial charge in [0.05, 0.1) is 11.9 Å². The topological polar surface area (TPSA) is 72.1 Å². The number of likely N-dealkylation sites (tertiary alicyclic amines) is 1. The molecule has 0 bridgehead atoms. The minimum Gasteiger partial charge on any atom is -0.383 e. The number of hydrogen-bond acceptors (Lipinski definition) is 5. The first-order valence-corrected chi connectivity index (χ1v) is 6.39. The molecule has 1 saturated heterocycles. The van der Waals surface area contributed by atoms with Crippen LogP contribution in [-0.2, 0) is 11.3 Å². The summed E-state index contributed by atoms with van der Waals surface area (Å²) in [6.45, 7) is 1.27. The molecule has 0 aliphatic carbocycles. The highest BCUT2D eigenvalue weighted by Crippen LogP contribution is 2.23. The number of anilines is 1. The highest BCUT2D eigenvalue weighted by atomic mass is 32.1. The van der Waals surface area contributed by atoms with E-state index < -0.39 is 0 Å². The zero-order valence-corrected chi connectivity index (χ0v) is 10.0. The fourth-order valence-corrected chi connectivity index (χ4v) is 2.83. The van der Waals surface area contributed by atoms with Crippen molar-refractivity contribution in [2.24, 2.45) is 0 Å². The maximum absolute atomic E-state index is 11.5. The molecule has 3 heterocycles. The quantitative estimate of drug-likeness (QED) is 0.871. The lowest BCUT2D eigenvalue weighted by Gasteiger charge is -2.14. The van der Waals surface area contributed by atoms with Crippen LogP contribution in [0.15, 0.2) is 11.4 Å². The molecule has 1 fully saturated rings. The first kappa shape index (κ1) is 10.5. The van der Waals surface area contributed by atoms with Crippen LogP contribution in [0.2, 0.25) is 0 Å². The molecule has 0 aromatic carbocycles. The predicted molar refractivity (Wildman–Crippen MR) is 66.5 cm³/mol. The highest BCUT2D eigenvalue weighted by Gasteiger charge is 2.21. The summed E-state index contributed by atoms with van der Waals surface area (Å²) < 4.78 is 0. The number of aromatic nitrogens is 2. The van der Waals surface area contributed by atoms with Crippen molar-refractivity contribution < 1.29 is 4.79 Å². The predicted octanol–water partition coefficient (Wildman–Crippen LogP) is 1.40. The van der Waals surface area contributed by atoms with Gasteiger partial charge in [-0.2, -0.15) is 0 Å². The van der Waals surface area contributed by atoms with Crippen LogP contribution in [0.3, 0.4) is 0 Å². The van der Waals surface area contributed by atoms with E-state index in [2.05, 4.69) is 9.97 Å². The Balaban J connectivity index is 1.92. The molecule has 0 saturated carbocycles. The molecule has 2 aromatic heterocycles. The third-order valence-electron chi connectivity index (χ3n) is 2.90. The Labute approximate surface area is 102 Å². The highest BCUT2D eigenvalue weighted by molar-refractivity contribution is 7.16. The molecule has 0 atom stereocenters. The molecule has 6 heteroatoms. The summed E-state index contributed by atoms with van der Waals surface area (Å²) in [5.41, 5.74) is 5.86. The minimum absolute atomic E-state index is 0.179. The molecule has 5 nitrogen and oxygen atoms in total. The Morgan fingerprint density at radius 2 is 2.35 bits per heavy atom. The number of nitrogens with two attached hydrogens (primary N) is 1. The van der Waals surface area contributed by atoms with Gasteiger partial charge in [0.15, 0.2) is 5.82 Å². The Kier molecular flexibility index (Phi) is 2.44. The van der Waals surface area contributed by atoms with Gasteiger partial charge in [-0.05, 0) is 17.9 Å². The summed E-state index contributed by atoms with van der Waals surface area (Å²) in [4.78, 5) is 22.9. The van der Waals surface area contributed by atoms with Gasteiger partial charge in [0.25, 0.3) is 0 Å². The summed E-state index contributed by atoms with van der Waals surface area (Å²) in [6, 6.07) is 1.92. The Bertz CT molecular complexity index is 580. The first-order chi connectivity index (χ1) is 8.24. The van der Waals surface area contributed by atoms with E-state index in [-0.39, 0.29) is 5.91 Å². The van der Waals surface area contributed by atoms with Gasteiger partial charge in [-0.3, -0.25) is 4.79 Å². The molecule has 2 N–H and O–H groups in total. The van der Waals surface area contributed by atoms with E-state index in [0.29, 0.717) is 24.6 Å². The van der Waals surface area contributed by atoms with Crippen molar-refractivity contribution in [3.8, 4) is 0 Å². The molecule has 88 valence electrons. The van der Waals surface area contributed by atoms with Crippen LogP contribution in [0.4, 0.5) is 5.82 Å². The van der Waals surface area contributed by atoms with Crippen LogP contribution in [0.1, 0.15) is 18.7 Å². The van der Waals surface area contributed by atoms with Crippen LogP contribution >= 0.6 is 11.3 Å². The molecular formula is C11H12N4OS. The molecule has 0 unspecified atom stereocenters. The number of carbonyl (C=O) groups excluding carboxylic acids is 1. The summed E-state index contributed by atoms with van der Waals surface area (Å²) in [5.74, 6) is 1.31. The van der Waals surface area contributed by atoms with E-state index in [1.807, 2.05) is 11.4 Å². The molecular weight excluding hydrogens is 236 g/mol. The fraction of sp³-hybridized carbons (Fsp3) is 0.364. The van der Waals surface area contributed by atoms with E-state index in [0.717, 1.165) is 23.2 Å². The number of thiophene rings is 1. The second kappa shape index (κ2) is 3.96. The number of amides is 1. The molecule has 1 aliphatic rings. The van der Waals surface area contributed by atoms with E-state index in [9.17, 15) is 4.79 Å². The number of nitrogens with zero attached hydrogens (tertiary/aromatic N) is 3. The third-order valence-corrected chi connectivity index (χ3v) is 3.71. The monoisotopic (exact) mass is 248 g/mol. The molecule has 3 rings (SSSR count). The van der Waals surface area contributed by atoms with Crippen molar-refractivity contribution in [2.75, 3.05) is 12.3 Å². The van der Waals surface area contributed by atoms with Crippen LogP contribution in [0.5, 0.6) is 0 Å². The van der Waals surface area contributed by atoms with Gasteiger partial charge < -0.3 is 10.6 Å². The summed E-state index contributed by atoms with van der Waals surface area (Å²) in [5, 5.41) is 2.84. The van der Waals surface area contributed by atoms with Crippen molar-refractivity contribution in [2.45, 2.75) is 19.4 Å². The molecule has 17 heavy (non-hydrogen) atoms. The smallest absolute Gasteiger partial charge is 0.223 e. The lowest BCUT2D eigenvalue weighted by Crippen LogP contribution is -2.25. The van der Waals surface area contributed by atoms with Crippen molar-refractivity contribution in [3.63, 3.8) is 0 Å². The number of hydrogen-bond donors (Lipinski definition) is 1. The number of carbonyl (C=O) groups is 1. The summed E-state index contributed by atoms with van der Waals surface area (Å²) in [6.07, 6.45) is 1.56. The SMILES string of the molecule is Nc1nc(CN2CCCC2=O)nc2sccc12. The molecule has 0 radical (unpaired) electrons. The van der Waals surface area contributed by atoms with E-state index in [1.54, 1.807) is 4.90 Å². The van der Waals surface area contributed by atoms with Crippen molar-refractivity contribution in [1.29, 1.82) is 0 Å². The van der Waals surface area contributed by atoms with Gasteiger partial charge in [-0.1, -0.05) is 0 Å². The van der Waals surface area contributed by atoms with Gasteiger partial charge in [0.2, 0.25) is 5.91 Å². The Morgan fingerprint density at radius 1 is 1.47 bits per heavy atom. The number of rotatable bonds is 2. The number of fused-ring (bicyclic) bond motifs is 1. The van der Waals surface area contributed by atoms with Gasteiger partial charge in [0, 0.05) is 13.0 Å². The number of nitrogen functional groups attached to an aromatic ring is 1. The standard InChI is InChI=1S/C11H12N4OS/c12-10-7-3-5-17-11(7)14-8(13-10)6-15-4-1-2-9(15)16/h3,5H,1-2,4,6H2,(H2,12,13,14). The molecule has 2 aromatic rings. The summed E-state index contributed by atoms with van der Waals surface area (Å²) in [7, 11) is 0. The largest absolute Gasteiger partial charge is 0.383 e. The average molecular weight is 248 g/mol. The van der Waals surface area contributed by atoms with Crippen molar-refractivity contribution in [3.05, 3.63) is 17.3 Å². The van der Waals surface area contributed by atoms with Crippen LogP contribution < -0.4 is 5.73 Å². The van der Waals surface area contributed by atoms with E-state index in [4.69, 9.17) is 5.73 Å². The van der Waals surface area contributed by atoms with Gasteiger partial charge in [-0.25, -0.2) is 9.97 Å². The first-order valence-electron chi connectivity index (χ1n) is 5.51. The normalized spacial score (nSPS) is 16.0. The van der Waals surface area contributed by atoms with E-state index >= 15 is 0 Å². The van der Waals surface area contributed by atoms with Gasteiger partial charge >= 0.3 is 0 Å². The van der Waals surface area contributed by atoms with Gasteiger partial charge in [0.1, 0.15) is 10.6 Å². The van der Waals surface area contributed by atoms with E-state index in [1.165, 1.54) is 11.3 Å². The lowest BCUT2D eigenvalue weighted by atomic mass is 10.3. The minimum atomic E-state index is 0.179. The third kappa shape index (κ3) is 1.84. The van der Waals surface area contributed by atoms with Crippen LogP contribution in [0, 0.1) is 0 Å². The molecule has 1 aliphatic heterocycles. The molecule has 0 spiro atoms. The maximum atomic E-state index is 11.5. The second-order valence-electron chi connectivity index (χ2n) is 4.08. The van der Waals surface area contributed by atoms with Crippen LogP contribution in [0.25, 0.3) is 10.2 Å². The van der Waals surface area contributed by atoms with Crippen molar-refractivity contribution in [1.82, 2.24) is 14.9 Å². The summed E-state index contributed by atoms with van der Waals surface area (Å²) >= 11 is 1.54. The fourth-order valence-electron chi connectivity index (χ4n) is 2.04. The zero-order chi connectivity index (χ0) is 11.8. The maximum Gasteiger partial charge on any atom is 0.223 e. The Morgan fingerprint density at radius 3 is 3.12 bits per heavy atom. The van der Waals surface area contributed by atoms with Gasteiger partial charge in [-0.15, -0.1) is 11.3 Å². The molecule has 1 amide bonds. The second-order valence-corrected chi connectivity index (χ2v) is 4.98.